The fourth-order valence-electron chi connectivity index (χ4n) is 3.15. The molecular weight excluding hydrogens is 352 g/mol. The third-order valence-corrected chi connectivity index (χ3v) is 5.09. The van der Waals surface area contributed by atoms with E-state index in [-0.39, 0.29) is 5.91 Å². The molecule has 26 heavy (non-hydrogen) atoms. The van der Waals surface area contributed by atoms with Crippen molar-refractivity contribution in [1.29, 1.82) is 0 Å². The summed E-state index contributed by atoms with van der Waals surface area (Å²) in [5, 5.41) is 0.692. The Hall–Kier alpha value is -2.40. The highest BCUT2D eigenvalue weighted by Gasteiger charge is 2.24. The fraction of sp³-hybridized carbons (Fsp3) is 0.350. The molecule has 0 aromatic heterocycles. The van der Waals surface area contributed by atoms with E-state index < -0.39 is 0 Å². The Kier molecular flexibility index (Phi) is 5.57. The molecule has 1 heterocycles. The molecule has 1 saturated heterocycles. The van der Waals surface area contributed by atoms with Crippen LogP contribution >= 0.6 is 11.6 Å². The molecule has 5 nitrogen and oxygen atoms in total. The van der Waals surface area contributed by atoms with E-state index in [1.807, 2.05) is 42.2 Å². The first-order chi connectivity index (χ1) is 12.5. The quantitative estimate of drug-likeness (QED) is 0.819. The second-order valence-electron chi connectivity index (χ2n) is 6.28. The Morgan fingerprint density at radius 1 is 1.04 bits per heavy atom. The van der Waals surface area contributed by atoms with Gasteiger partial charge in [-0.1, -0.05) is 17.7 Å². The average Bonchev–Trinajstić information content (AvgIpc) is 2.69. The number of hydrogen-bond donors (Lipinski definition) is 0. The van der Waals surface area contributed by atoms with Crippen LogP contribution in [0.2, 0.25) is 5.02 Å². The Labute approximate surface area is 159 Å². The standard InChI is InChI=1S/C20H23ClN2O3/c1-14-11-18(19(26-3)13-17(14)21)22-7-9-23(10-8-22)20(24)15-5-4-6-16(12-15)25-2/h4-6,11-13H,7-10H2,1-3H3. The molecule has 6 heteroatoms. The number of methoxy groups -OCH3 is 2. The highest BCUT2D eigenvalue weighted by molar-refractivity contribution is 6.31. The van der Waals surface area contributed by atoms with Gasteiger partial charge in [0, 0.05) is 42.8 Å². The first-order valence-electron chi connectivity index (χ1n) is 8.56. The van der Waals surface area contributed by atoms with Gasteiger partial charge in [-0.3, -0.25) is 4.79 Å². The summed E-state index contributed by atoms with van der Waals surface area (Å²) in [6.45, 7) is 4.77. The van der Waals surface area contributed by atoms with Gasteiger partial charge >= 0.3 is 0 Å². The number of hydrogen-bond acceptors (Lipinski definition) is 4. The first kappa shape index (κ1) is 18.4. The molecule has 1 aliphatic rings. The van der Waals surface area contributed by atoms with Crippen LogP contribution in [0.1, 0.15) is 15.9 Å². The predicted molar refractivity (Wildman–Crippen MR) is 104 cm³/mol. The molecule has 1 fully saturated rings. The molecule has 0 unspecified atom stereocenters. The van der Waals surface area contributed by atoms with Crippen molar-refractivity contribution in [3.8, 4) is 11.5 Å². The van der Waals surface area contributed by atoms with Crippen molar-refractivity contribution < 1.29 is 14.3 Å². The van der Waals surface area contributed by atoms with E-state index in [0.717, 1.165) is 30.1 Å². The summed E-state index contributed by atoms with van der Waals surface area (Å²) in [5.41, 5.74) is 2.68. The third-order valence-electron chi connectivity index (χ3n) is 4.68. The van der Waals surface area contributed by atoms with Crippen molar-refractivity contribution in [2.45, 2.75) is 6.92 Å². The first-order valence-corrected chi connectivity index (χ1v) is 8.93. The maximum Gasteiger partial charge on any atom is 0.254 e. The Bertz CT molecular complexity index is 802. The molecule has 0 bridgehead atoms. The van der Waals surface area contributed by atoms with Gasteiger partial charge in [-0.2, -0.15) is 0 Å². The largest absolute Gasteiger partial charge is 0.497 e. The number of halogens is 1. The van der Waals surface area contributed by atoms with Crippen molar-refractivity contribution in [1.82, 2.24) is 4.90 Å². The minimum absolute atomic E-state index is 0.0304. The maximum absolute atomic E-state index is 12.7. The van der Waals surface area contributed by atoms with Gasteiger partial charge in [0.05, 0.1) is 19.9 Å². The predicted octanol–water partition coefficient (Wildman–Crippen LogP) is 3.63. The molecule has 3 rings (SSSR count). The topological polar surface area (TPSA) is 42.0 Å². The Morgan fingerprint density at radius 3 is 2.42 bits per heavy atom. The zero-order valence-electron chi connectivity index (χ0n) is 15.3. The van der Waals surface area contributed by atoms with E-state index in [0.29, 0.717) is 29.4 Å². The normalized spacial score (nSPS) is 14.3. The van der Waals surface area contributed by atoms with Crippen LogP contribution < -0.4 is 14.4 Å². The van der Waals surface area contributed by atoms with Crippen molar-refractivity contribution >= 4 is 23.2 Å². The lowest BCUT2D eigenvalue weighted by atomic mass is 10.1. The van der Waals surface area contributed by atoms with Gasteiger partial charge in [0.15, 0.2) is 0 Å². The average molecular weight is 375 g/mol. The summed E-state index contributed by atoms with van der Waals surface area (Å²) in [6, 6.07) is 11.2. The van der Waals surface area contributed by atoms with Gasteiger partial charge in [0.25, 0.3) is 5.91 Å². The summed E-state index contributed by atoms with van der Waals surface area (Å²) < 4.78 is 10.7. The number of benzene rings is 2. The zero-order chi connectivity index (χ0) is 18.7. The molecule has 0 saturated carbocycles. The van der Waals surface area contributed by atoms with Crippen LogP contribution in [0, 0.1) is 6.92 Å². The molecule has 0 aliphatic carbocycles. The second-order valence-corrected chi connectivity index (χ2v) is 6.69. The van der Waals surface area contributed by atoms with Crippen LogP contribution in [-0.4, -0.2) is 51.2 Å². The summed E-state index contributed by atoms with van der Waals surface area (Å²) in [4.78, 5) is 16.9. The number of piperazine rings is 1. The van der Waals surface area contributed by atoms with E-state index in [9.17, 15) is 4.79 Å². The van der Waals surface area contributed by atoms with Crippen LogP contribution in [0.5, 0.6) is 11.5 Å². The summed E-state index contributed by atoms with van der Waals surface area (Å²) in [7, 11) is 3.25. The molecular formula is C20H23ClN2O3. The molecule has 2 aromatic carbocycles. The number of rotatable bonds is 4. The van der Waals surface area contributed by atoms with Gasteiger partial charge in [0.2, 0.25) is 0 Å². The molecule has 1 amide bonds. The second kappa shape index (κ2) is 7.87. The van der Waals surface area contributed by atoms with Gasteiger partial charge < -0.3 is 19.3 Å². The number of ether oxygens (including phenoxy) is 2. The van der Waals surface area contributed by atoms with E-state index in [1.54, 1.807) is 20.3 Å². The van der Waals surface area contributed by atoms with Gasteiger partial charge in [0.1, 0.15) is 11.5 Å². The summed E-state index contributed by atoms with van der Waals surface area (Å²) in [5.74, 6) is 1.48. The number of anilines is 1. The van der Waals surface area contributed by atoms with E-state index in [1.165, 1.54) is 0 Å². The van der Waals surface area contributed by atoms with Gasteiger partial charge in [-0.25, -0.2) is 0 Å². The number of aryl methyl sites for hydroxylation is 1. The molecule has 1 aliphatic heterocycles. The Balaban J connectivity index is 1.71. The van der Waals surface area contributed by atoms with Gasteiger partial charge in [-0.15, -0.1) is 0 Å². The van der Waals surface area contributed by atoms with Crippen LogP contribution in [-0.2, 0) is 0 Å². The lowest BCUT2D eigenvalue weighted by Crippen LogP contribution is -2.48. The lowest BCUT2D eigenvalue weighted by Gasteiger charge is -2.37. The fourth-order valence-corrected chi connectivity index (χ4v) is 3.30. The van der Waals surface area contributed by atoms with Gasteiger partial charge in [-0.05, 0) is 36.8 Å². The highest BCUT2D eigenvalue weighted by Crippen LogP contribution is 2.34. The van der Waals surface area contributed by atoms with E-state index in [4.69, 9.17) is 21.1 Å². The molecule has 0 N–H and O–H groups in total. The molecule has 0 atom stereocenters. The number of nitrogens with zero attached hydrogens (tertiary/aromatic N) is 2. The SMILES string of the molecule is COc1cccc(C(=O)N2CCN(c3cc(C)c(Cl)cc3OC)CC2)c1. The molecule has 0 spiro atoms. The monoisotopic (exact) mass is 374 g/mol. The minimum atomic E-state index is 0.0304. The van der Waals surface area contributed by atoms with Crippen LogP contribution in [0.3, 0.4) is 0 Å². The van der Waals surface area contributed by atoms with Crippen molar-refractivity contribution in [3.05, 3.63) is 52.5 Å². The third kappa shape index (κ3) is 3.73. The van der Waals surface area contributed by atoms with Crippen molar-refractivity contribution in [3.63, 3.8) is 0 Å². The maximum atomic E-state index is 12.7. The van der Waals surface area contributed by atoms with Crippen molar-refractivity contribution in [2.24, 2.45) is 0 Å². The lowest BCUT2D eigenvalue weighted by molar-refractivity contribution is 0.0746. The molecule has 2 aromatic rings. The smallest absolute Gasteiger partial charge is 0.254 e. The van der Waals surface area contributed by atoms with Crippen LogP contribution in [0.4, 0.5) is 5.69 Å². The van der Waals surface area contributed by atoms with E-state index in [2.05, 4.69) is 4.90 Å². The highest BCUT2D eigenvalue weighted by atomic mass is 35.5. The van der Waals surface area contributed by atoms with Crippen LogP contribution in [0.15, 0.2) is 36.4 Å². The number of amides is 1. The number of carbonyl (C=O) groups is 1. The Morgan fingerprint density at radius 2 is 1.77 bits per heavy atom. The number of carbonyl (C=O) groups excluding carboxylic acids is 1. The van der Waals surface area contributed by atoms with E-state index >= 15 is 0 Å². The molecule has 138 valence electrons. The summed E-state index contributed by atoms with van der Waals surface area (Å²) >= 11 is 6.20. The zero-order valence-corrected chi connectivity index (χ0v) is 16.0. The minimum Gasteiger partial charge on any atom is -0.497 e. The van der Waals surface area contributed by atoms with Crippen LogP contribution in [0.25, 0.3) is 0 Å². The summed E-state index contributed by atoms with van der Waals surface area (Å²) in [6.07, 6.45) is 0. The van der Waals surface area contributed by atoms with Crippen molar-refractivity contribution in [2.75, 3.05) is 45.3 Å². The molecule has 0 radical (unpaired) electrons.